The lowest BCUT2D eigenvalue weighted by atomic mass is 10.1. The Kier molecular flexibility index (Phi) is 4.84. The number of hydrogen-bond donors (Lipinski definition) is 1. The molecule has 2 N–H and O–H groups in total. The number of carbonyl (C=O) groups is 2. The van der Waals surface area contributed by atoms with E-state index in [1.54, 1.807) is 10.9 Å². The van der Waals surface area contributed by atoms with E-state index in [1.165, 1.54) is 6.92 Å². The highest BCUT2D eigenvalue weighted by Crippen LogP contribution is 2.25. The predicted molar refractivity (Wildman–Crippen MR) is 97.8 cm³/mol. The number of carbonyl (C=O) groups excluding carboxylic acids is 2. The minimum absolute atomic E-state index is 0.269. The van der Waals surface area contributed by atoms with Gasteiger partial charge in [-0.2, -0.15) is 5.10 Å². The molecule has 2 aromatic carbocycles. The number of aromatic nitrogens is 2. The summed E-state index contributed by atoms with van der Waals surface area (Å²) in [7, 11) is 0. The molecule has 1 heterocycles. The summed E-state index contributed by atoms with van der Waals surface area (Å²) in [5, 5.41) is 4.55. The second-order valence-corrected chi connectivity index (χ2v) is 5.99. The summed E-state index contributed by atoms with van der Waals surface area (Å²) in [6.07, 6.45) is 0.578. The summed E-state index contributed by atoms with van der Waals surface area (Å²) in [4.78, 5) is 23.8. The fraction of sp³-hybridized carbons (Fsp3) is 0.150. The first-order valence-electron chi connectivity index (χ1n) is 8.18. The third-order valence-corrected chi connectivity index (χ3v) is 3.96. The van der Waals surface area contributed by atoms with Crippen molar-refractivity contribution in [1.82, 2.24) is 9.78 Å². The molecule has 0 radical (unpaired) electrons. The smallest absolute Gasteiger partial charge is 0.342 e. The van der Waals surface area contributed by atoms with E-state index in [2.05, 4.69) is 5.10 Å². The van der Waals surface area contributed by atoms with Gasteiger partial charge in [-0.25, -0.2) is 9.48 Å². The molecule has 3 rings (SSSR count). The number of para-hydroxylation sites is 1. The topological polar surface area (TPSA) is 87.2 Å². The third-order valence-electron chi connectivity index (χ3n) is 3.96. The number of rotatable bonds is 5. The first-order chi connectivity index (χ1) is 12.5. The lowest BCUT2D eigenvalue weighted by molar-refractivity contribution is -0.125. The van der Waals surface area contributed by atoms with E-state index in [0.717, 1.165) is 16.8 Å². The zero-order valence-corrected chi connectivity index (χ0v) is 14.5. The van der Waals surface area contributed by atoms with Gasteiger partial charge >= 0.3 is 5.97 Å². The number of primary amides is 1. The molecule has 26 heavy (non-hydrogen) atoms. The van der Waals surface area contributed by atoms with E-state index < -0.39 is 18.0 Å². The molecule has 1 atom stereocenters. The molecule has 0 bridgehead atoms. The SMILES string of the molecule is Cc1ccc(-c2nn(-c3ccccc3)cc2C(=O)O[C@H](C)C(N)=O)cc1. The van der Waals surface area contributed by atoms with E-state index in [9.17, 15) is 9.59 Å². The van der Waals surface area contributed by atoms with Gasteiger partial charge in [-0.3, -0.25) is 4.79 Å². The summed E-state index contributed by atoms with van der Waals surface area (Å²) in [5.74, 6) is -1.35. The van der Waals surface area contributed by atoms with Crippen LogP contribution >= 0.6 is 0 Å². The normalized spacial score (nSPS) is 11.8. The van der Waals surface area contributed by atoms with Gasteiger partial charge < -0.3 is 10.5 Å². The number of nitrogens with zero attached hydrogens (tertiary/aromatic N) is 2. The van der Waals surface area contributed by atoms with Crippen LogP contribution in [0.15, 0.2) is 60.8 Å². The van der Waals surface area contributed by atoms with Crippen molar-refractivity contribution >= 4 is 11.9 Å². The Labute approximate surface area is 151 Å². The number of hydrogen-bond acceptors (Lipinski definition) is 4. The molecular formula is C20H19N3O3. The zero-order chi connectivity index (χ0) is 18.7. The number of esters is 1. The molecule has 0 unspecified atom stereocenters. The summed E-state index contributed by atoms with van der Waals surface area (Å²) < 4.78 is 6.78. The van der Waals surface area contributed by atoms with Crippen molar-refractivity contribution in [1.29, 1.82) is 0 Å². The van der Waals surface area contributed by atoms with Gasteiger partial charge in [0.05, 0.1) is 5.69 Å². The fourth-order valence-corrected chi connectivity index (χ4v) is 2.44. The van der Waals surface area contributed by atoms with Gasteiger partial charge in [-0.05, 0) is 26.0 Å². The van der Waals surface area contributed by atoms with Gasteiger partial charge in [0.25, 0.3) is 5.91 Å². The van der Waals surface area contributed by atoms with Crippen LogP contribution in [-0.4, -0.2) is 27.8 Å². The van der Waals surface area contributed by atoms with Gasteiger partial charge in [-0.15, -0.1) is 0 Å². The Bertz CT molecular complexity index is 931. The lowest BCUT2D eigenvalue weighted by Crippen LogP contribution is -2.30. The van der Waals surface area contributed by atoms with Crippen molar-refractivity contribution in [2.24, 2.45) is 5.73 Å². The maximum atomic E-state index is 12.6. The first kappa shape index (κ1) is 17.4. The van der Waals surface area contributed by atoms with Crippen LogP contribution in [-0.2, 0) is 9.53 Å². The van der Waals surface area contributed by atoms with Gasteiger partial charge in [0, 0.05) is 11.8 Å². The summed E-state index contributed by atoms with van der Waals surface area (Å²) in [5.41, 5.74) is 8.63. The van der Waals surface area contributed by atoms with Crippen molar-refractivity contribution in [3.8, 4) is 16.9 Å². The zero-order valence-electron chi connectivity index (χ0n) is 14.5. The van der Waals surface area contributed by atoms with Crippen molar-refractivity contribution < 1.29 is 14.3 Å². The molecule has 3 aromatic rings. The summed E-state index contributed by atoms with van der Waals surface area (Å²) in [6, 6.07) is 17.1. The Morgan fingerprint density at radius 2 is 1.73 bits per heavy atom. The molecule has 0 saturated carbocycles. The largest absolute Gasteiger partial charge is 0.449 e. The molecule has 0 aliphatic rings. The second kappa shape index (κ2) is 7.23. The Balaban J connectivity index is 2.05. The minimum Gasteiger partial charge on any atom is -0.449 e. The molecule has 0 fully saturated rings. The van der Waals surface area contributed by atoms with Crippen molar-refractivity contribution in [2.75, 3.05) is 0 Å². The van der Waals surface area contributed by atoms with Crippen LogP contribution < -0.4 is 5.73 Å². The Hall–Kier alpha value is -3.41. The first-order valence-corrected chi connectivity index (χ1v) is 8.18. The molecule has 1 amide bonds. The molecular weight excluding hydrogens is 330 g/mol. The maximum absolute atomic E-state index is 12.6. The van der Waals surface area contributed by atoms with Crippen LogP contribution in [0.1, 0.15) is 22.8 Å². The van der Waals surface area contributed by atoms with Crippen molar-refractivity contribution in [3.63, 3.8) is 0 Å². The van der Waals surface area contributed by atoms with Crippen LogP contribution in [0.2, 0.25) is 0 Å². The average Bonchev–Trinajstić information content (AvgIpc) is 3.08. The Morgan fingerprint density at radius 3 is 2.35 bits per heavy atom. The van der Waals surface area contributed by atoms with E-state index in [4.69, 9.17) is 10.5 Å². The molecule has 6 heteroatoms. The Morgan fingerprint density at radius 1 is 1.08 bits per heavy atom. The number of amides is 1. The molecule has 6 nitrogen and oxygen atoms in total. The molecule has 0 saturated heterocycles. The highest BCUT2D eigenvalue weighted by Gasteiger charge is 2.23. The summed E-state index contributed by atoms with van der Waals surface area (Å²) in [6.45, 7) is 3.42. The summed E-state index contributed by atoms with van der Waals surface area (Å²) >= 11 is 0. The maximum Gasteiger partial charge on any atom is 0.342 e. The van der Waals surface area contributed by atoms with Gasteiger partial charge in [0.2, 0.25) is 0 Å². The van der Waals surface area contributed by atoms with Crippen LogP contribution in [0.25, 0.3) is 16.9 Å². The van der Waals surface area contributed by atoms with Crippen LogP contribution in [0, 0.1) is 6.92 Å². The van der Waals surface area contributed by atoms with Crippen molar-refractivity contribution in [2.45, 2.75) is 20.0 Å². The number of aryl methyl sites for hydroxylation is 1. The standard InChI is InChI=1S/C20H19N3O3/c1-13-8-10-15(11-9-13)18-17(20(25)26-14(2)19(21)24)12-23(22-18)16-6-4-3-5-7-16/h3-12,14H,1-2H3,(H2,21,24)/t14-/m1/s1. The van der Waals surface area contributed by atoms with Crippen LogP contribution in [0.4, 0.5) is 0 Å². The van der Waals surface area contributed by atoms with Crippen molar-refractivity contribution in [3.05, 3.63) is 71.9 Å². The lowest BCUT2D eigenvalue weighted by Gasteiger charge is -2.09. The fourth-order valence-electron chi connectivity index (χ4n) is 2.44. The van der Waals surface area contributed by atoms with E-state index in [1.807, 2.05) is 61.5 Å². The quantitative estimate of drug-likeness (QED) is 0.718. The third kappa shape index (κ3) is 3.64. The number of nitrogens with two attached hydrogens (primary N) is 1. The minimum atomic E-state index is -1.02. The molecule has 0 spiro atoms. The second-order valence-electron chi connectivity index (χ2n) is 5.99. The number of benzene rings is 2. The van der Waals surface area contributed by atoms with E-state index in [-0.39, 0.29) is 5.56 Å². The average molecular weight is 349 g/mol. The van der Waals surface area contributed by atoms with Gasteiger partial charge in [0.1, 0.15) is 11.3 Å². The molecule has 0 aliphatic heterocycles. The van der Waals surface area contributed by atoms with Crippen LogP contribution in [0.3, 0.4) is 0 Å². The number of ether oxygens (including phenoxy) is 1. The molecule has 1 aromatic heterocycles. The van der Waals surface area contributed by atoms with Crippen LogP contribution in [0.5, 0.6) is 0 Å². The highest BCUT2D eigenvalue weighted by molar-refractivity contribution is 5.97. The highest BCUT2D eigenvalue weighted by atomic mass is 16.5. The molecule has 132 valence electrons. The van der Waals surface area contributed by atoms with E-state index >= 15 is 0 Å². The molecule has 0 aliphatic carbocycles. The monoisotopic (exact) mass is 349 g/mol. The van der Waals surface area contributed by atoms with E-state index in [0.29, 0.717) is 5.69 Å². The van der Waals surface area contributed by atoms with Gasteiger partial charge in [-0.1, -0.05) is 48.0 Å². The predicted octanol–water partition coefficient (Wildman–Crippen LogP) is 2.88. The van der Waals surface area contributed by atoms with Gasteiger partial charge in [0.15, 0.2) is 6.10 Å².